The molecule has 0 aromatic heterocycles. The zero-order valence-corrected chi connectivity index (χ0v) is 14.3. The average molecular weight is 371 g/mol. The predicted octanol–water partition coefficient (Wildman–Crippen LogP) is 2.58. The molecular weight excluding hydrogens is 357 g/mol. The molecule has 2 aromatic rings. The molecule has 1 fully saturated rings. The average Bonchev–Trinajstić information content (AvgIpc) is 2.95. The van der Waals surface area contributed by atoms with E-state index in [9.17, 15) is 14.0 Å². The van der Waals surface area contributed by atoms with E-state index in [2.05, 4.69) is 10.3 Å². The second-order valence-corrected chi connectivity index (χ2v) is 6.29. The van der Waals surface area contributed by atoms with E-state index in [4.69, 9.17) is 10.5 Å². The second-order valence-electron chi connectivity index (χ2n) is 5.26. The molecule has 1 saturated heterocycles. The van der Waals surface area contributed by atoms with Crippen molar-refractivity contribution in [2.45, 2.75) is 0 Å². The summed E-state index contributed by atoms with van der Waals surface area (Å²) >= 11 is 1.13. The number of nitrogens with two attached hydrogens (primary N) is 1. The monoisotopic (exact) mass is 371 g/mol. The van der Waals surface area contributed by atoms with Crippen LogP contribution in [0.1, 0.15) is 5.56 Å². The Morgan fingerprint density at radius 2 is 1.96 bits per heavy atom. The molecule has 26 heavy (non-hydrogen) atoms. The van der Waals surface area contributed by atoms with Crippen molar-refractivity contribution in [3.63, 3.8) is 0 Å². The lowest BCUT2D eigenvalue weighted by Gasteiger charge is -2.03. The smallest absolute Gasteiger partial charge is 0.264 e. The topological polar surface area (TPSA) is 93.8 Å². The van der Waals surface area contributed by atoms with Gasteiger partial charge >= 0.3 is 0 Å². The highest BCUT2D eigenvalue weighted by Gasteiger charge is 2.24. The molecule has 0 radical (unpaired) electrons. The minimum atomic E-state index is -0.558. The summed E-state index contributed by atoms with van der Waals surface area (Å²) in [7, 11) is 0. The second kappa shape index (κ2) is 7.83. The number of nitrogens with one attached hydrogen (secondary N) is 1. The van der Waals surface area contributed by atoms with Crippen LogP contribution in [-0.4, -0.2) is 23.6 Å². The first kappa shape index (κ1) is 17.7. The normalized spacial score (nSPS) is 16.7. The van der Waals surface area contributed by atoms with Gasteiger partial charge < -0.3 is 15.8 Å². The molecule has 0 atom stereocenters. The van der Waals surface area contributed by atoms with Gasteiger partial charge in [0.15, 0.2) is 11.8 Å². The standard InChI is InChI=1S/C18H14FN3O3S/c19-13-3-1-2-4-14(13)21-18-22-17(24)15(26-18)9-11-5-7-12(8-6-11)25-10-16(20)23/h1-9H,10H2,(H2,20,23)(H,21,22,24)/b15-9-. The van der Waals surface area contributed by atoms with Crippen molar-refractivity contribution in [2.75, 3.05) is 6.61 Å². The lowest BCUT2D eigenvalue weighted by Crippen LogP contribution is -2.20. The molecule has 1 heterocycles. The first-order valence-electron chi connectivity index (χ1n) is 7.56. The van der Waals surface area contributed by atoms with Crippen LogP contribution in [0.2, 0.25) is 0 Å². The maximum atomic E-state index is 13.7. The van der Waals surface area contributed by atoms with Crippen LogP contribution in [0.5, 0.6) is 5.75 Å². The van der Waals surface area contributed by atoms with Crippen molar-refractivity contribution in [3.8, 4) is 5.75 Å². The van der Waals surface area contributed by atoms with E-state index in [0.717, 1.165) is 17.3 Å². The van der Waals surface area contributed by atoms with E-state index in [1.165, 1.54) is 12.1 Å². The first-order valence-corrected chi connectivity index (χ1v) is 8.38. The number of benzene rings is 2. The van der Waals surface area contributed by atoms with Gasteiger partial charge in [0.2, 0.25) is 0 Å². The number of rotatable bonds is 5. The Bertz CT molecular complexity index is 910. The number of hydrogen-bond acceptors (Lipinski definition) is 5. The van der Waals surface area contributed by atoms with Gasteiger partial charge in [-0.2, -0.15) is 0 Å². The number of thioether (sulfide) groups is 1. The Morgan fingerprint density at radius 1 is 1.23 bits per heavy atom. The largest absolute Gasteiger partial charge is 0.484 e. The van der Waals surface area contributed by atoms with Gasteiger partial charge in [0, 0.05) is 0 Å². The summed E-state index contributed by atoms with van der Waals surface area (Å²) < 4.78 is 18.8. The summed E-state index contributed by atoms with van der Waals surface area (Å²) in [5.41, 5.74) is 5.94. The maximum Gasteiger partial charge on any atom is 0.264 e. The van der Waals surface area contributed by atoms with Crippen LogP contribution in [0.25, 0.3) is 6.08 Å². The highest BCUT2D eigenvalue weighted by molar-refractivity contribution is 8.18. The van der Waals surface area contributed by atoms with Crippen LogP contribution in [0, 0.1) is 5.82 Å². The third-order valence-corrected chi connectivity index (χ3v) is 4.19. The van der Waals surface area contributed by atoms with Gasteiger partial charge in [-0.3, -0.25) is 9.59 Å². The minimum Gasteiger partial charge on any atom is -0.484 e. The van der Waals surface area contributed by atoms with Crippen LogP contribution in [-0.2, 0) is 9.59 Å². The summed E-state index contributed by atoms with van der Waals surface area (Å²) in [6.07, 6.45) is 1.68. The molecular formula is C18H14FN3O3S. The highest BCUT2D eigenvalue weighted by Crippen LogP contribution is 2.29. The third kappa shape index (κ3) is 4.48. The Balaban J connectivity index is 1.72. The summed E-state index contributed by atoms with van der Waals surface area (Å²) in [5.74, 6) is -0.828. The first-order chi connectivity index (χ1) is 12.5. The Morgan fingerprint density at radius 3 is 2.65 bits per heavy atom. The lowest BCUT2D eigenvalue weighted by molar-refractivity contribution is -0.120. The fourth-order valence-electron chi connectivity index (χ4n) is 2.10. The number of para-hydroxylation sites is 1. The number of amidine groups is 1. The molecule has 3 N–H and O–H groups in total. The van der Waals surface area contributed by atoms with Crippen molar-refractivity contribution >= 4 is 40.5 Å². The van der Waals surface area contributed by atoms with Gasteiger partial charge in [0.05, 0.1) is 4.91 Å². The Kier molecular flexibility index (Phi) is 5.33. The molecule has 3 rings (SSSR count). The van der Waals surface area contributed by atoms with Crippen LogP contribution < -0.4 is 15.8 Å². The van der Waals surface area contributed by atoms with E-state index >= 15 is 0 Å². The lowest BCUT2D eigenvalue weighted by atomic mass is 10.2. The maximum absolute atomic E-state index is 13.7. The number of carbonyl (C=O) groups is 2. The molecule has 0 saturated carbocycles. The molecule has 1 aliphatic heterocycles. The van der Waals surface area contributed by atoms with Crippen LogP contribution >= 0.6 is 11.8 Å². The Labute approximate surface area is 152 Å². The van der Waals surface area contributed by atoms with E-state index < -0.39 is 11.7 Å². The van der Waals surface area contributed by atoms with Crippen LogP contribution in [0.4, 0.5) is 10.1 Å². The van der Waals surface area contributed by atoms with Crippen molar-refractivity contribution in [3.05, 3.63) is 64.8 Å². The fraction of sp³-hybridized carbons (Fsp3) is 0.0556. The van der Waals surface area contributed by atoms with Crippen molar-refractivity contribution < 1.29 is 18.7 Å². The Hall–Kier alpha value is -3.13. The van der Waals surface area contributed by atoms with Gasteiger partial charge in [-0.15, -0.1) is 0 Å². The number of amides is 2. The van der Waals surface area contributed by atoms with Crippen molar-refractivity contribution in [1.29, 1.82) is 0 Å². The number of ether oxygens (including phenoxy) is 1. The molecule has 0 unspecified atom stereocenters. The number of primary amides is 1. The molecule has 6 nitrogen and oxygen atoms in total. The van der Waals surface area contributed by atoms with Crippen LogP contribution in [0.3, 0.4) is 0 Å². The predicted molar refractivity (Wildman–Crippen MR) is 98.3 cm³/mol. The summed E-state index contributed by atoms with van der Waals surface area (Å²) in [6, 6.07) is 12.9. The van der Waals surface area contributed by atoms with Gasteiger partial charge in [-0.05, 0) is 47.7 Å². The molecule has 2 aromatic carbocycles. The zero-order valence-electron chi connectivity index (χ0n) is 13.4. The van der Waals surface area contributed by atoms with Gasteiger partial charge in [0.1, 0.15) is 17.3 Å². The number of hydrogen-bond donors (Lipinski definition) is 2. The molecule has 8 heteroatoms. The summed E-state index contributed by atoms with van der Waals surface area (Å²) in [4.78, 5) is 27.3. The number of halogens is 1. The summed E-state index contributed by atoms with van der Waals surface area (Å²) in [5, 5.41) is 2.92. The van der Waals surface area contributed by atoms with Crippen LogP contribution in [0.15, 0.2) is 58.4 Å². The molecule has 2 amide bonds. The molecule has 0 aliphatic carbocycles. The van der Waals surface area contributed by atoms with Crippen molar-refractivity contribution in [1.82, 2.24) is 5.32 Å². The minimum absolute atomic E-state index is 0.160. The molecule has 132 valence electrons. The number of nitrogens with zero attached hydrogens (tertiary/aromatic N) is 1. The molecule has 1 aliphatic rings. The third-order valence-electron chi connectivity index (χ3n) is 3.28. The van der Waals surface area contributed by atoms with E-state index in [1.807, 2.05) is 0 Å². The zero-order chi connectivity index (χ0) is 18.5. The van der Waals surface area contributed by atoms with E-state index in [-0.39, 0.29) is 18.2 Å². The van der Waals surface area contributed by atoms with Gasteiger partial charge in [0.25, 0.3) is 11.8 Å². The number of carbonyl (C=O) groups excluding carboxylic acids is 2. The summed E-state index contributed by atoms with van der Waals surface area (Å²) in [6.45, 7) is -0.200. The molecule has 0 bridgehead atoms. The van der Waals surface area contributed by atoms with E-state index in [0.29, 0.717) is 15.8 Å². The molecule has 0 spiro atoms. The van der Waals surface area contributed by atoms with E-state index in [1.54, 1.807) is 42.5 Å². The number of aliphatic imine (C=N–C) groups is 1. The highest BCUT2D eigenvalue weighted by atomic mass is 32.2. The van der Waals surface area contributed by atoms with Gasteiger partial charge in [-0.25, -0.2) is 9.38 Å². The van der Waals surface area contributed by atoms with Gasteiger partial charge in [-0.1, -0.05) is 24.3 Å². The fourth-order valence-corrected chi connectivity index (χ4v) is 2.93. The quantitative estimate of drug-likeness (QED) is 0.790. The SMILES string of the molecule is NC(=O)COc1ccc(/C=C2\SC(=Nc3ccccc3F)NC2=O)cc1. The van der Waals surface area contributed by atoms with Crippen molar-refractivity contribution in [2.24, 2.45) is 10.7 Å².